The summed E-state index contributed by atoms with van der Waals surface area (Å²) >= 11 is 15.6. The van der Waals surface area contributed by atoms with Gasteiger partial charge in [-0.05, 0) is 76.6 Å². The Labute approximate surface area is 212 Å². The minimum Gasteiger partial charge on any atom is -0.457 e. The summed E-state index contributed by atoms with van der Waals surface area (Å²) in [5, 5.41) is 3.84. The van der Waals surface area contributed by atoms with Crippen LogP contribution in [0.5, 0.6) is 0 Å². The van der Waals surface area contributed by atoms with Crippen molar-refractivity contribution < 1.29 is 13.6 Å². The van der Waals surface area contributed by atoms with E-state index < -0.39 is 0 Å². The molecule has 1 amide bonds. The van der Waals surface area contributed by atoms with Gasteiger partial charge in [-0.15, -0.1) is 0 Å². The zero-order chi connectivity index (χ0) is 23.7. The number of nitrogens with one attached hydrogen (secondary N) is 1. The Morgan fingerprint density at radius 3 is 2.71 bits per heavy atom. The van der Waals surface area contributed by atoms with Crippen LogP contribution in [0.4, 0.5) is 5.69 Å². The maximum Gasteiger partial charge on any atom is 0.248 e. The number of aromatic nitrogens is 2. The Morgan fingerprint density at radius 1 is 1.00 bits per heavy atom. The Morgan fingerprint density at radius 2 is 1.88 bits per heavy atom. The van der Waals surface area contributed by atoms with Crippen molar-refractivity contribution >= 4 is 67.9 Å². The topological polar surface area (TPSA) is 81.2 Å². The number of amides is 1. The third-order valence-corrected chi connectivity index (χ3v) is 5.81. The average molecular weight is 555 g/mol. The predicted octanol–water partition coefficient (Wildman–Crippen LogP) is 7.87. The number of pyridine rings is 1. The lowest BCUT2D eigenvalue weighted by Gasteiger charge is -2.01. The first kappa shape index (κ1) is 22.4. The summed E-state index contributed by atoms with van der Waals surface area (Å²) in [5.41, 5.74) is 3.27. The van der Waals surface area contributed by atoms with Crippen LogP contribution in [0.25, 0.3) is 40.0 Å². The van der Waals surface area contributed by atoms with Crippen molar-refractivity contribution in [3.8, 4) is 22.8 Å². The molecule has 0 aliphatic heterocycles. The molecule has 0 radical (unpaired) electrons. The average Bonchev–Trinajstić information content (AvgIpc) is 3.44. The summed E-state index contributed by atoms with van der Waals surface area (Å²) in [6, 6.07) is 15.8. The molecule has 168 valence electrons. The summed E-state index contributed by atoms with van der Waals surface area (Å²) in [6.07, 6.45) is 6.32. The van der Waals surface area contributed by atoms with E-state index in [4.69, 9.17) is 32.0 Å². The fourth-order valence-corrected chi connectivity index (χ4v) is 4.14. The molecular weight excluding hydrogens is 541 g/mol. The molecule has 5 aromatic rings. The Kier molecular flexibility index (Phi) is 6.24. The zero-order valence-electron chi connectivity index (χ0n) is 17.3. The Bertz CT molecular complexity index is 1560. The molecule has 0 aliphatic carbocycles. The smallest absolute Gasteiger partial charge is 0.248 e. The summed E-state index contributed by atoms with van der Waals surface area (Å²) in [4.78, 5) is 21.0. The van der Waals surface area contributed by atoms with E-state index in [2.05, 4.69) is 31.2 Å². The molecule has 9 heteroatoms. The van der Waals surface area contributed by atoms with E-state index in [9.17, 15) is 4.79 Å². The Balaban J connectivity index is 1.29. The molecule has 0 spiro atoms. The van der Waals surface area contributed by atoms with E-state index in [1.807, 2.05) is 6.07 Å². The minimum atomic E-state index is -0.318. The zero-order valence-corrected chi connectivity index (χ0v) is 20.4. The molecule has 0 atom stereocenters. The van der Waals surface area contributed by atoms with Gasteiger partial charge in [-0.1, -0.05) is 23.2 Å². The van der Waals surface area contributed by atoms with Gasteiger partial charge in [0, 0.05) is 39.2 Å². The number of halogens is 3. The molecule has 1 N–H and O–H groups in total. The maximum atomic E-state index is 12.4. The van der Waals surface area contributed by atoms with E-state index in [0.717, 1.165) is 10.0 Å². The standard InChI is InChI=1S/C25H14BrCl2N3O3/c26-15-9-14(12-29-13-15)25-31-21-11-17(2-6-23(21)34-25)30-24(32)8-4-18-3-7-22(33-18)19-5-1-16(27)10-20(19)28/h1-13H,(H,30,32)/b8-4+. The van der Waals surface area contributed by atoms with Crippen molar-refractivity contribution in [2.24, 2.45) is 0 Å². The molecule has 0 saturated heterocycles. The normalized spacial score (nSPS) is 11.4. The number of hydrogen-bond acceptors (Lipinski definition) is 5. The van der Waals surface area contributed by atoms with E-state index in [1.54, 1.807) is 67.0 Å². The fraction of sp³-hybridized carbons (Fsp3) is 0. The summed E-state index contributed by atoms with van der Waals surface area (Å²) in [7, 11) is 0. The van der Waals surface area contributed by atoms with Gasteiger partial charge < -0.3 is 14.2 Å². The number of anilines is 1. The second kappa shape index (κ2) is 9.46. The summed E-state index contributed by atoms with van der Waals surface area (Å²) in [5.74, 6) is 1.22. The first-order chi connectivity index (χ1) is 16.4. The maximum absolute atomic E-state index is 12.4. The second-order valence-corrected chi connectivity index (χ2v) is 9.00. The third kappa shape index (κ3) is 4.92. The van der Waals surface area contributed by atoms with Gasteiger partial charge in [-0.25, -0.2) is 4.98 Å². The number of carbonyl (C=O) groups is 1. The second-order valence-electron chi connectivity index (χ2n) is 7.24. The van der Waals surface area contributed by atoms with Crippen LogP contribution in [-0.2, 0) is 4.79 Å². The van der Waals surface area contributed by atoms with E-state index in [0.29, 0.717) is 49.8 Å². The van der Waals surface area contributed by atoms with Crippen molar-refractivity contribution in [3.05, 3.63) is 93.3 Å². The van der Waals surface area contributed by atoms with Gasteiger partial charge in [0.15, 0.2) is 5.58 Å². The fourth-order valence-electron chi connectivity index (χ4n) is 3.28. The van der Waals surface area contributed by atoms with Gasteiger partial charge in [-0.2, -0.15) is 0 Å². The highest BCUT2D eigenvalue weighted by Crippen LogP contribution is 2.32. The van der Waals surface area contributed by atoms with Gasteiger partial charge in [0.1, 0.15) is 17.0 Å². The monoisotopic (exact) mass is 553 g/mol. The van der Waals surface area contributed by atoms with Gasteiger partial charge in [0.25, 0.3) is 0 Å². The molecule has 2 aromatic carbocycles. The molecule has 6 nitrogen and oxygen atoms in total. The van der Waals surface area contributed by atoms with Crippen molar-refractivity contribution in [3.63, 3.8) is 0 Å². The molecule has 0 fully saturated rings. The van der Waals surface area contributed by atoms with Gasteiger partial charge >= 0.3 is 0 Å². The highest BCUT2D eigenvalue weighted by atomic mass is 79.9. The highest BCUT2D eigenvalue weighted by molar-refractivity contribution is 9.10. The SMILES string of the molecule is O=C(/C=C/c1ccc(-c2ccc(Cl)cc2Cl)o1)Nc1ccc2oc(-c3cncc(Br)c3)nc2c1. The van der Waals surface area contributed by atoms with Crippen LogP contribution in [0.15, 0.2) is 86.4 Å². The van der Waals surface area contributed by atoms with Crippen LogP contribution in [-0.4, -0.2) is 15.9 Å². The van der Waals surface area contributed by atoms with E-state index in [1.165, 1.54) is 6.08 Å². The molecule has 5 rings (SSSR count). The molecule has 3 aromatic heterocycles. The van der Waals surface area contributed by atoms with Crippen LogP contribution >= 0.6 is 39.1 Å². The molecule has 0 unspecified atom stereocenters. The first-order valence-corrected chi connectivity index (χ1v) is 11.6. The number of rotatable bonds is 5. The molecule has 0 saturated carbocycles. The predicted molar refractivity (Wildman–Crippen MR) is 137 cm³/mol. The number of furan rings is 1. The lowest BCUT2D eigenvalue weighted by atomic mass is 10.2. The number of oxazole rings is 1. The minimum absolute atomic E-state index is 0.318. The van der Waals surface area contributed by atoms with Crippen LogP contribution in [0.1, 0.15) is 5.76 Å². The van der Waals surface area contributed by atoms with Crippen molar-refractivity contribution in [1.29, 1.82) is 0 Å². The lowest BCUT2D eigenvalue weighted by Crippen LogP contribution is -2.07. The number of benzene rings is 2. The quantitative estimate of drug-likeness (QED) is 0.223. The highest BCUT2D eigenvalue weighted by Gasteiger charge is 2.11. The molecular formula is C25H14BrCl2N3O3. The van der Waals surface area contributed by atoms with Crippen LogP contribution in [0.2, 0.25) is 10.0 Å². The molecule has 34 heavy (non-hydrogen) atoms. The van der Waals surface area contributed by atoms with Gasteiger partial charge in [-0.3, -0.25) is 9.78 Å². The largest absolute Gasteiger partial charge is 0.457 e. The third-order valence-electron chi connectivity index (χ3n) is 4.83. The van der Waals surface area contributed by atoms with Gasteiger partial charge in [0.2, 0.25) is 11.8 Å². The summed E-state index contributed by atoms with van der Waals surface area (Å²) in [6.45, 7) is 0. The van der Waals surface area contributed by atoms with Crippen molar-refractivity contribution in [2.45, 2.75) is 0 Å². The van der Waals surface area contributed by atoms with Crippen molar-refractivity contribution in [2.75, 3.05) is 5.32 Å². The number of carbonyl (C=O) groups excluding carboxylic acids is 1. The van der Waals surface area contributed by atoms with E-state index >= 15 is 0 Å². The van der Waals surface area contributed by atoms with Crippen LogP contribution in [0, 0.1) is 0 Å². The first-order valence-electron chi connectivity index (χ1n) is 10.0. The van der Waals surface area contributed by atoms with E-state index in [-0.39, 0.29) is 5.91 Å². The Hall–Kier alpha value is -3.39. The van der Waals surface area contributed by atoms with Gasteiger partial charge in [0.05, 0.1) is 10.6 Å². The van der Waals surface area contributed by atoms with Crippen LogP contribution in [0.3, 0.4) is 0 Å². The van der Waals surface area contributed by atoms with Crippen LogP contribution < -0.4 is 5.32 Å². The lowest BCUT2D eigenvalue weighted by molar-refractivity contribution is -0.111. The molecule has 0 aliphatic rings. The number of fused-ring (bicyclic) bond motifs is 1. The molecule has 3 heterocycles. The van der Waals surface area contributed by atoms with Crippen molar-refractivity contribution in [1.82, 2.24) is 9.97 Å². The summed E-state index contributed by atoms with van der Waals surface area (Å²) < 4.78 is 12.4. The number of nitrogens with zero attached hydrogens (tertiary/aromatic N) is 2. The number of hydrogen-bond donors (Lipinski definition) is 1. The molecule has 0 bridgehead atoms.